The highest BCUT2D eigenvalue weighted by Crippen LogP contribution is 2.36. The third kappa shape index (κ3) is 7.02. The summed E-state index contributed by atoms with van der Waals surface area (Å²) in [5.41, 5.74) is 4.47. The highest BCUT2D eigenvalue weighted by Gasteiger charge is 2.18. The van der Waals surface area contributed by atoms with Crippen LogP contribution in [0.1, 0.15) is 36.6 Å². The third-order valence-electron chi connectivity index (χ3n) is 6.23. The lowest BCUT2D eigenvalue weighted by Crippen LogP contribution is -2.11. The van der Waals surface area contributed by atoms with E-state index in [0.29, 0.717) is 42.2 Å². The van der Waals surface area contributed by atoms with Gasteiger partial charge in [-0.25, -0.2) is 9.97 Å². The van der Waals surface area contributed by atoms with Crippen LogP contribution >= 0.6 is 0 Å². The molecule has 0 atom stereocenters. The molecule has 0 unspecified atom stereocenters. The molecule has 4 rings (SSSR count). The fraction of sp³-hybridized carbons (Fsp3) is 0.300. The lowest BCUT2D eigenvalue weighted by Gasteiger charge is -2.19. The van der Waals surface area contributed by atoms with Crippen molar-refractivity contribution in [2.75, 3.05) is 44.4 Å². The zero-order chi connectivity index (χ0) is 28.5. The van der Waals surface area contributed by atoms with Crippen LogP contribution in [0.3, 0.4) is 0 Å². The third-order valence-corrected chi connectivity index (χ3v) is 6.23. The summed E-state index contributed by atoms with van der Waals surface area (Å²) < 4.78 is 21.5. The maximum absolute atomic E-state index is 5.51. The lowest BCUT2D eigenvalue weighted by atomic mass is 10.1. The molecule has 0 spiro atoms. The van der Waals surface area contributed by atoms with Crippen molar-refractivity contribution < 1.29 is 18.9 Å². The Morgan fingerprint density at radius 1 is 0.700 bits per heavy atom. The molecule has 0 saturated carbocycles. The van der Waals surface area contributed by atoms with E-state index in [4.69, 9.17) is 23.9 Å². The largest absolute Gasteiger partial charge is 0.497 e. The SMILES string of the molecule is COc1ccc(CNc2ncc(Nc3cc(OC)c(OC)nc3C(C)C)c(NCc3ccc(OC)cc3)n2)cc1. The van der Waals surface area contributed by atoms with Gasteiger partial charge >= 0.3 is 0 Å². The smallest absolute Gasteiger partial charge is 0.257 e. The van der Waals surface area contributed by atoms with Gasteiger partial charge in [0, 0.05) is 19.2 Å². The Morgan fingerprint density at radius 2 is 1.30 bits per heavy atom. The highest BCUT2D eigenvalue weighted by atomic mass is 16.5. The number of rotatable bonds is 13. The highest BCUT2D eigenvalue weighted by molar-refractivity contribution is 5.74. The second-order valence-corrected chi connectivity index (χ2v) is 9.27. The molecule has 0 aliphatic heterocycles. The average molecular weight is 545 g/mol. The zero-order valence-electron chi connectivity index (χ0n) is 23.7. The van der Waals surface area contributed by atoms with E-state index in [1.165, 1.54) is 0 Å². The molecule has 2 aromatic carbocycles. The van der Waals surface area contributed by atoms with Crippen LogP contribution in [0.15, 0.2) is 60.8 Å². The quantitative estimate of drug-likeness (QED) is 0.185. The summed E-state index contributed by atoms with van der Waals surface area (Å²) in [7, 11) is 6.47. The number of nitrogens with zero attached hydrogens (tertiary/aromatic N) is 3. The molecule has 210 valence electrons. The van der Waals surface area contributed by atoms with Gasteiger partial charge in [0.2, 0.25) is 5.95 Å². The number of aromatic nitrogens is 3. The monoisotopic (exact) mass is 544 g/mol. The molecule has 0 saturated heterocycles. The van der Waals surface area contributed by atoms with Crippen LogP contribution < -0.4 is 34.9 Å². The van der Waals surface area contributed by atoms with Crippen LogP contribution in [0.25, 0.3) is 0 Å². The van der Waals surface area contributed by atoms with Crippen molar-refractivity contribution in [3.63, 3.8) is 0 Å². The molecule has 0 fully saturated rings. The Hall–Kier alpha value is -4.73. The van der Waals surface area contributed by atoms with Gasteiger partial charge in [-0.1, -0.05) is 38.1 Å². The first-order valence-electron chi connectivity index (χ1n) is 12.9. The number of hydrogen-bond acceptors (Lipinski definition) is 10. The number of ether oxygens (including phenoxy) is 4. The number of methoxy groups -OCH3 is 4. The van der Waals surface area contributed by atoms with Crippen molar-refractivity contribution in [2.24, 2.45) is 0 Å². The normalized spacial score (nSPS) is 10.7. The number of hydrogen-bond donors (Lipinski definition) is 3. The second kappa shape index (κ2) is 13.4. The van der Waals surface area contributed by atoms with Gasteiger partial charge in [0.1, 0.15) is 17.2 Å². The minimum atomic E-state index is 0.129. The van der Waals surface area contributed by atoms with Crippen molar-refractivity contribution in [2.45, 2.75) is 32.9 Å². The standard InChI is InChI=1S/C30H36N6O4/c1-19(2)27-24(15-26(39-5)29(35-27)40-6)34-25-18-33-30(32-17-21-9-13-23(38-4)14-10-21)36-28(25)31-16-20-7-11-22(37-3)12-8-20/h7-15,18-19,34H,16-17H2,1-6H3,(H2,31,32,33,36). The van der Waals surface area contributed by atoms with Gasteiger partial charge in [0.15, 0.2) is 11.6 Å². The van der Waals surface area contributed by atoms with E-state index in [-0.39, 0.29) is 5.92 Å². The number of benzene rings is 2. The van der Waals surface area contributed by atoms with Crippen LogP contribution in [-0.4, -0.2) is 43.4 Å². The van der Waals surface area contributed by atoms with E-state index >= 15 is 0 Å². The molecule has 2 aromatic heterocycles. The summed E-state index contributed by atoms with van der Waals surface area (Å²) in [5.74, 6) is 3.83. The fourth-order valence-electron chi connectivity index (χ4n) is 4.02. The Morgan fingerprint density at radius 3 is 1.82 bits per heavy atom. The van der Waals surface area contributed by atoms with Crippen LogP contribution in [0.2, 0.25) is 0 Å². The molecule has 0 radical (unpaired) electrons. The lowest BCUT2D eigenvalue weighted by molar-refractivity contribution is 0.341. The zero-order valence-corrected chi connectivity index (χ0v) is 23.7. The van der Waals surface area contributed by atoms with E-state index in [0.717, 1.165) is 34.0 Å². The van der Waals surface area contributed by atoms with Gasteiger partial charge in [-0.05, 0) is 41.3 Å². The molecular weight excluding hydrogens is 508 g/mol. The van der Waals surface area contributed by atoms with Gasteiger partial charge in [0.25, 0.3) is 5.88 Å². The van der Waals surface area contributed by atoms with Crippen molar-refractivity contribution in [3.8, 4) is 23.1 Å². The van der Waals surface area contributed by atoms with Crippen molar-refractivity contribution in [1.82, 2.24) is 15.0 Å². The summed E-state index contributed by atoms with van der Waals surface area (Å²) in [5, 5.41) is 10.2. The molecular formula is C30H36N6O4. The molecule has 0 amide bonds. The van der Waals surface area contributed by atoms with Crippen molar-refractivity contribution in [1.29, 1.82) is 0 Å². The molecule has 4 aromatic rings. The average Bonchev–Trinajstić information content (AvgIpc) is 2.99. The van der Waals surface area contributed by atoms with Gasteiger partial charge in [-0.3, -0.25) is 0 Å². The van der Waals surface area contributed by atoms with Crippen LogP contribution in [-0.2, 0) is 13.1 Å². The summed E-state index contributed by atoms with van der Waals surface area (Å²) in [6, 6.07) is 17.6. The van der Waals surface area contributed by atoms with E-state index in [1.807, 2.05) is 54.6 Å². The van der Waals surface area contributed by atoms with Crippen LogP contribution in [0.4, 0.5) is 23.1 Å². The van der Waals surface area contributed by atoms with Crippen LogP contribution in [0, 0.1) is 0 Å². The molecule has 2 heterocycles. The minimum absolute atomic E-state index is 0.129. The van der Waals surface area contributed by atoms with E-state index < -0.39 is 0 Å². The first kappa shape index (κ1) is 28.3. The van der Waals surface area contributed by atoms with Crippen LogP contribution in [0.5, 0.6) is 23.1 Å². The minimum Gasteiger partial charge on any atom is -0.497 e. The molecule has 10 nitrogen and oxygen atoms in total. The van der Waals surface area contributed by atoms with E-state index in [2.05, 4.69) is 39.8 Å². The Balaban J connectivity index is 1.62. The van der Waals surface area contributed by atoms with Gasteiger partial charge in [-0.15, -0.1) is 0 Å². The number of nitrogens with one attached hydrogen (secondary N) is 3. The predicted octanol–water partition coefficient (Wildman–Crippen LogP) is 6.00. The molecule has 40 heavy (non-hydrogen) atoms. The van der Waals surface area contributed by atoms with Gasteiger partial charge < -0.3 is 34.9 Å². The molecule has 0 bridgehead atoms. The Labute approximate surface area is 235 Å². The summed E-state index contributed by atoms with van der Waals surface area (Å²) in [6.45, 7) is 5.26. The van der Waals surface area contributed by atoms with Crippen molar-refractivity contribution >= 4 is 23.1 Å². The summed E-state index contributed by atoms with van der Waals surface area (Å²) in [6.07, 6.45) is 1.75. The number of anilines is 4. The van der Waals surface area contributed by atoms with E-state index in [1.54, 1.807) is 34.6 Å². The molecule has 0 aliphatic carbocycles. The maximum atomic E-state index is 5.51. The van der Waals surface area contributed by atoms with E-state index in [9.17, 15) is 0 Å². The second-order valence-electron chi connectivity index (χ2n) is 9.27. The molecule has 3 N–H and O–H groups in total. The fourth-order valence-corrected chi connectivity index (χ4v) is 4.02. The first-order chi connectivity index (χ1) is 19.4. The van der Waals surface area contributed by atoms with Gasteiger partial charge in [0.05, 0.1) is 46.0 Å². The summed E-state index contributed by atoms with van der Waals surface area (Å²) >= 11 is 0. The summed E-state index contributed by atoms with van der Waals surface area (Å²) in [4.78, 5) is 14.1. The van der Waals surface area contributed by atoms with Crippen molar-refractivity contribution in [3.05, 3.63) is 77.6 Å². The Bertz CT molecular complexity index is 1390. The molecule has 10 heteroatoms. The Kier molecular flexibility index (Phi) is 9.45. The van der Waals surface area contributed by atoms with Gasteiger partial charge in [-0.2, -0.15) is 4.98 Å². The predicted molar refractivity (Wildman–Crippen MR) is 157 cm³/mol. The first-order valence-corrected chi connectivity index (χ1v) is 12.9. The molecule has 0 aliphatic rings. The number of pyridine rings is 1. The maximum Gasteiger partial charge on any atom is 0.257 e. The topological polar surface area (TPSA) is 112 Å².